The first-order valence-corrected chi connectivity index (χ1v) is 11.3. The fourth-order valence-corrected chi connectivity index (χ4v) is 5.59. The van der Waals surface area contributed by atoms with Crippen molar-refractivity contribution in [3.05, 3.63) is 58.6 Å². The smallest absolute Gasteiger partial charge is 0.251 e. The zero-order chi connectivity index (χ0) is 22.5. The van der Waals surface area contributed by atoms with Gasteiger partial charge in [-0.25, -0.2) is 4.90 Å². The van der Waals surface area contributed by atoms with Crippen LogP contribution in [0.2, 0.25) is 10.0 Å². The van der Waals surface area contributed by atoms with E-state index in [1.54, 1.807) is 18.2 Å². The Labute approximate surface area is 195 Å². The molecule has 3 amide bonds. The van der Waals surface area contributed by atoms with E-state index in [-0.39, 0.29) is 24.1 Å². The Hall–Kier alpha value is -2.61. The Balaban J connectivity index is 1.34. The number of piperidine rings is 1. The first-order chi connectivity index (χ1) is 15.4. The molecule has 3 aliphatic rings. The minimum Gasteiger partial charge on any atom is -0.339 e. The molecule has 3 heterocycles. The van der Waals surface area contributed by atoms with E-state index in [1.165, 1.54) is 4.90 Å². The Kier molecular flexibility index (Phi) is 5.35. The molecule has 2 aromatic carbocycles. The number of halogens is 2. The minimum absolute atomic E-state index is 0.0185. The van der Waals surface area contributed by atoms with Gasteiger partial charge in [-0.2, -0.15) is 0 Å². The first kappa shape index (κ1) is 21.2. The number of imide groups is 1. The van der Waals surface area contributed by atoms with Crippen LogP contribution < -0.4 is 15.1 Å². The maximum atomic E-state index is 13.2. The summed E-state index contributed by atoms with van der Waals surface area (Å²) in [7, 11) is 0. The highest BCUT2D eigenvalue weighted by Gasteiger charge is 2.52. The third kappa shape index (κ3) is 3.45. The number of benzene rings is 2. The van der Waals surface area contributed by atoms with Crippen molar-refractivity contribution < 1.29 is 14.4 Å². The van der Waals surface area contributed by atoms with Crippen molar-refractivity contribution in [3.8, 4) is 0 Å². The summed E-state index contributed by atoms with van der Waals surface area (Å²) in [6, 6.07) is 14.0. The number of nitrogens with zero attached hydrogens (tertiary/aromatic N) is 3. The van der Waals surface area contributed by atoms with Crippen LogP contribution in [-0.4, -0.2) is 54.0 Å². The molecule has 0 bridgehead atoms. The fourth-order valence-electron chi connectivity index (χ4n) is 5.08. The maximum Gasteiger partial charge on any atom is 0.251 e. The largest absolute Gasteiger partial charge is 0.339 e. The van der Waals surface area contributed by atoms with Gasteiger partial charge in [0, 0.05) is 28.8 Å². The van der Waals surface area contributed by atoms with Gasteiger partial charge < -0.3 is 10.2 Å². The molecule has 0 aromatic heterocycles. The Morgan fingerprint density at radius 1 is 0.906 bits per heavy atom. The van der Waals surface area contributed by atoms with Crippen LogP contribution in [0, 0.1) is 0 Å². The molecule has 7 nitrogen and oxygen atoms in total. The summed E-state index contributed by atoms with van der Waals surface area (Å²) in [5.74, 6) is -0.534. The highest BCUT2D eigenvalue weighted by atomic mass is 35.5. The molecule has 5 rings (SSSR count). The lowest BCUT2D eigenvalue weighted by atomic mass is 9.85. The van der Waals surface area contributed by atoms with E-state index in [9.17, 15) is 14.4 Å². The number of para-hydroxylation sites is 1. The minimum atomic E-state index is -0.635. The quantitative estimate of drug-likeness (QED) is 0.694. The van der Waals surface area contributed by atoms with Crippen LogP contribution in [0.1, 0.15) is 19.3 Å². The SMILES string of the molecule is O=C1CC(N2CCC3(CC2)C(=O)NCN3c2ccccc2)C(=O)N1c1cc(Cl)cc(Cl)c1. The van der Waals surface area contributed by atoms with Crippen LogP contribution in [0.5, 0.6) is 0 Å². The van der Waals surface area contributed by atoms with E-state index >= 15 is 0 Å². The van der Waals surface area contributed by atoms with Crippen LogP contribution in [-0.2, 0) is 14.4 Å². The summed E-state index contributed by atoms with van der Waals surface area (Å²) in [5.41, 5.74) is 0.748. The van der Waals surface area contributed by atoms with Crippen LogP contribution in [0.25, 0.3) is 0 Å². The van der Waals surface area contributed by atoms with Crippen LogP contribution in [0.3, 0.4) is 0 Å². The Morgan fingerprint density at radius 2 is 1.56 bits per heavy atom. The molecule has 3 fully saturated rings. The second kappa shape index (κ2) is 8.06. The number of amides is 3. The molecule has 1 atom stereocenters. The highest BCUT2D eigenvalue weighted by molar-refractivity contribution is 6.35. The predicted molar refractivity (Wildman–Crippen MR) is 123 cm³/mol. The second-order valence-electron chi connectivity index (χ2n) is 8.41. The van der Waals surface area contributed by atoms with Gasteiger partial charge in [-0.15, -0.1) is 0 Å². The van der Waals surface area contributed by atoms with Crippen molar-refractivity contribution in [3.63, 3.8) is 0 Å². The topological polar surface area (TPSA) is 73.0 Å². The average molecular weight is 473 g/mol. The summed E-state index contributed by atoms with van der Waals surface area (Å²) in [6.07, 6.45) is 1.26. The molecule has 1 N–H and O–H groups in total. The van der Waals surface area contributed by atoms with Gasteiger partial charge in [-0.05, 0) is 43.2 Å². The van der Waals surface area contributed by atoms with Gasteiger partial charge in [-0.3, -0.25) is 19.3 Å². The van der Waals surface area contributed by atoms with E-state index in [4.69, 9.17) is 23.2 Å². The van der Waals surface area contributed by atoms with Crippen molar-refractivity contribution in [2.45, 2.75) is 30.8 Å². The highest BCUT2D eigenvalue weighted by Crippen LogP contribution is 2.38. The molecule has 32 heavy (non-hydrogen) atoms. The molecule has 3 saturated heterocycles. The zero-order valence-electron chi connectivity index (χ0n) is 17.3. The molecule has 1 spiro atoms. The zero-order valence-corrected chi connectivity index (χ0v) is 18.8. The van der Waals surface area contributed by atoms with Crippen LogP contribution in [0.4, 0.5) is 11.4 Å². The average Bonchev–Trinajstić information content (AvgIpc) is 3.24. The normalized spacial score (nSPS) is 23.3. The molecule has 2 aromatic rings. The van der Waals surface area contributed by atoms with Gasteiger partial charge in [0.05, 0.1) is 24.8 Å². The van der Waals surface area contributed by atoms with E-state index in [1.807, 2.05) is 35.2 Å². The third-order valence-electron chi connectivity index (χ3n) is 6.70. The molecule has 0 aliphatic carbocycles. The van der Waals surface area contributed by atoms with Crippen molar-refractivity contribution >= 4 is 52.3 Å². The second-order valence-corrected chi connectivity index (χ2v) is 9.28. The summed E-state index contributed by atoms with van der Waals surface area (Å²) in [6.45, 7) is 1.56. The number of hydrogen-bond donors (Lipinski definition) is 1. The summed E-state index contributed by atoms with van der Waals surface area (Å²) in [4.78, 5) is 44.1. The van der Waals surface area contributed by atoms with Gasteiger partial charge in [0.15, 0.2) is 0 Å². The lowest BCUT2D eigenvalue weighted by molar-refractivity contribution is -0.126. The number of likely N-dealkylation sites (tertiary alicyclic amines) is 1. The van der Waals surface area contributed by atoms with Crippen LogP contribution >= 0.6 is 23.2 Å². The van der Waals surface area contributed by atoms with Crippen molar-refractivity contribution in [2.75, 3.05) is 29.6 Å². The lowest BCUT2D eigenvalue weighted by Crippen LogP contribution is -2.58. The van der Waals surface area contributed by atoms with E-state index in [0.29, 0.717) is 48.3 Å². The number of carbonyl (C=O) groups excluding carboxylic acids is 3. The Morgan fingerprint density at radius 3 is 2.22 bits per heavy atom. The van der Waals surface area contributed by atoms with Crippen molar-refractivity contribution in [1.29, 1.82) is 0 Å². The third-order valence-corrected chi connectivity index (χ3v) is 7.14. The fraction of sp³-hybridized carbons (Fsp3) is 0.348. The predicted octanol–water partition coefficient (Wildman–Crippen LogP) is 3.05. The molecular formula is C23H22Cl2N4O3. The van der Waals surface area contributed by atoms with Gasteiger partial charge >= 0.3 is 0 Å². The maximum absolute atomic E-state index is 13.2. The number of rotatable bonds is 3. The number of carbonyl (C=O) groups is 3. The lowest BCUT2D eigenvalue weighted by Gasteiger charge is -2.44. The van der Waals surface area contributed by atoms with E-state index < -0.39 is 11.6 Å². The summed E-state index contributed by atoms with van der Waals surface area (Å²) in [5, 5.41) is 3.71. The van der Waals surface area contributed by atoms with Crippen molar-refractivity contribution in [1.82, 2.24) is 10.2 Å². The summed E-state index contributed by atoms with van der Waals surface area (Å²) < 4.78 is 0. The molecule has 0 radical (unpaired) electrons. The molecular weight excluding hydrogens is 451 g/mol. The molecule has 166 valence electrons. The number of nitrogens with one attached hydrogen (secondary N) is 1. The number of hydrogen-bond acceptors (Lipinski definition) is 5. The monoisotopic (exact) mass is 472 g/mol. The van der Waals surface area contributed by atoms with Gasteiger partial charge in [0.2, 0.25) is 11.8 Å². The molecule has 9 heteroatoms. The first-order valence-electron chi connectivity index (χ1n) is 10.6. The van der Waals surface area contributed by atoms with Gasteiger partial charge in [0.25, 0.3) is 5.91 Å². The molecule has 0 saturated carbocycles. The van der Waals surface area contributed by atoms with E-state index in [0.717, 1.165) is 5.69 Å². The van der Waals surface area contributed by atoms with Gasteiger partial charge in [-0.1, -0.05) is 41.4 Å². The van der Waals surface area contributed by atoms with Gasteiger partial charge in [0.1, 0.15) is 5.54 Å². The number of anilines is 2. The molecule has 1 unspecified atom stereocenters. The van der Waals surface area contributed by atoms with Crippen molar-refractivity contribution in [2.24, 2.45) is 0 Å². The summed E-state index contributed by atoms with van der Waals surface area (Å²) >= 11 is 12.1. The Bertz CT molecular complexity index is 1070. The van der Waals surface area contributed by atoms with E-state index in [2.05, 4.69) is 10.2 Å². The standard InChI is InChI=1S/C23H22Cl2N4O3/c24-15-10-16(25)12-18(11-15)29-20(30)13-19(21(29)31)27-8-6-23(7-9-27)22(32)26-14-28(23)17-4-2-1-3-5-17/h1-5,10-12,19H,6-9,13-14H2,(H,26,32). The molecule has 3 aliphatic heterocycles. The van der Waals surface area contributed by atoms with Crippen LogP contribution in [0.15, 0.2) is 48.5 Å².